The largest absolute Gasteiger partial charge is 0.357 e. The van der Waals surface area contributed by atoms with Gasteiger partial charge >= 0.3 is 0 Å². The predicted molar refractivity (Wildman–Crippen MR) is 91.0 cm³/mol. The number of hydrogen-bond donors (Lipinski definition) is 2. The van der Waals surface area contributed by atoms with E-state index >= 15 is 0 Å². The first-order valence-corrected chi connectivity index (χ1v) is 10.2. The molecule has 1 aliphatic heterocycles. The maximum absolute atomic E-state index is 11.5. The van der Waals surface area contributed by atoms with E-state index in [9.17, 15) is 8.42 Å². The third kappa shape index (κ3) is 5.43. The molecule has 128 valence electrons. The van der Waals surface area contributed by atoms with Crippen molar-refractivity contribution in [1.82, 2.24) is 15.5 Å². The standard InChI is InChI=1S/C15H30N4O2S/c1-4-16-15(18-13-7-10-22(20,21)11-13)17-8-9-19(12(2)3)14-5-6-14/h12-14H,4-11H2,1-3H3,(H2,16,17,18). The molecule has 2 N–H and O–H groups in total. The molecular weight excluding hydrogens is 300 g/mol. The maximum Gasteiger partial charge on any atom is 0.191 e. The summed E-state index contributed by atoms with van der Waals surface area (Å²) in [7, 11) is -2.86. The molecule has 0 amide bonds. The fourth-order valence-corrected chi connectivity index (χ4v) is 4.64. The summed E-state index contributed by atoms with van der Waals surface area (Å²) in [5.74, 6) is 1.24. The molecule has 0 bridgehead atoms. The summed E-state index contributed by atoms with van der Waals surface area (Å²) in [6.07, 6.45) is 3.28. The molecule has 22 heavy (non-hydrogen) atoms. The molecule has 1 unspecified atom stereocenters. The summed E-state index contributed by atoms with van der Waals surface area (Å²) in [6.45, 7) is 8.96. The molecule has 1 atom stereocenters. The highest BCUT2D eigenvalue weighted by molar-refractivity contribution is 7.91. The Morgan fingerprint density at radius 2 is 2.05 bits per heavy atom. The van der Waals surface area contributed by atoms with E-state index in [4.69, 9.17) is 0 Å². The summed E-state index contributed by atoms with van der Waals surface area (Å²) in [4.78, 5) is 7.12. The summed E-state index contributed by atoms with van der Waals surface area (Å²) in [6, 6.07) is 1.29. The van der Waals surface area contributed by atoms with E-state index in [1.165, 1.54) is 12.8 Å². The van der Waals surface area contributed by atoms with Gasteiger partial charge in [0.1, 0.15) is 0 Å². The minimum Gasteiger partial charge on any atom is -0.357 e. The van der Waals surface area contributed by atoms with Crippen LogP contribution in [0.4, 0.5) is 0 Å². The molecule has 1 saturated carbocycles. The number of hydrogen-bond acceptors (Lipinski definition) is 4. The summed E-state index contributed by atoms with van der Waals surface area (Å²) >= 11 is 0. The van der Waals surface area contributed by atoms with Crippen molar-refractivity contribution in [2.24, 2.45) is 4.99 Å². The van der Waals surface area contributed by atoms with Crippen molar-refractivity contribution in [2.75, 3.05) is 31.1 Å². The predicted octanol–water partition coefficient (Wildman–Crippen LogP) is 0.601. The van der Waals surface area contributed by atoms with Crippen molar-refractivity contribution in [2.45, 2.75) is 58.2 Å². The highest BCUT2D eigenvalue weighted by Crippen LogP contribution is 2.28. The molecular formula is C15H30N4O2S. The lowest BCUT2D eigenvalue weighted by atomic mass is 10.3. The van der Waals surface area contributed by atoms with E-state index in [-0.39, 0.29) is 17.5 Å². The molecule has 7 heteroatoms. The zero-order valence-electron chi connectivity index (χ0n) is 14.0. The van der Waals surface area contributed by atoms with Gasteiger partial charge in [0.15, 0.2) is 15.8 Å². The van der Waals surface area contributed by atoms with Crippen molar-refractivity contribution in [3.8, 4) is 0 Å². The Kier molecular flexibility index (Phi) is 6.09. The van der Waals surface area contributed by atoms with Crippen LogP contribution in [-0.2, 0) is 9.84 Å². The van der Waals surface area contributed by atoms with Gasteiger partial charge in [-0.05, 0) is 40.0 Å². The van der Waals surface area contributed by atoms with Gasteiger partial charge in [-0.15, -0.1) is 0 Å². The molecule has 2 aliphatic rings. The summed E-state index contributed by atoms with van der Waals surface area (Å²) in [5, 5.41) is 6.47. The molecule has 0 radical (unpaired) electrons. The minimum atomic E-state index is -2.86. The number of nitrogens with zero attached hydrogens (tertiary/aromatic N) is 2. The van der Waals surface area contributed by atoms with Crippen LogP contribution in [0.1, 0.15) is 40.0 Å². The van der Waals surface area contributed by atoms with Crippen LogP contribution < -0.4 is 10.6 Å². The van der Waals surface area contributed by atoms with Crippen molar-refractivity contribution in [1.29, 1.82) is 0 Å². The van der Waals surface area contributed by atoms with Crippen LogP contribution in [0.5, 0.6) is 0 Å². The van der Waals surface area contributed by atoms with Gasteiger partial charge in [0.25, 0.3) is 0 Å². The van der Waals surface area contributed by atoms with E-state index in [1.807, 2.05) is 6.92 Å². The van der Waals surface area contributed by atoms with Gasteiger partial charge in [0.05, 0.1) is 18.1 Å². The van der Waals surface area contributed by atoms with Gasteiger partial charge < -0.3 is 10.6 Å². The fraction of sp³-hybridized carbons (Fsp3) is 0.933. The monoisotopic (exact) mass is 330 g/mol. The molecule has 6 nitrogen and oxygen atoms in total. The smallest absolute Gasteiger partial charge is 0.191 e. The number of aliphatic imine (C=N–C) groups is 1. The molecule has 1 saturated heterocycles. The van der Waals surface area contributed by atoms with E-state index in [2.05, 4.69) is 34.4 Å². The highest BCUT2D eigenvalue weighted by atomic mass is 32.2. The second-order valence-corrected chi connectivity index (χ2v) is 8.80. The van der Waals surface area contributed by atoms with Crippen LogP contribution in [0.2, 0.25) is 0 Å². The molecule has 0 aromatic carbocycles. The first-order valence-electron chi connectivity index (χ1n) is 8.42. The zero-order valence-corrected chi connectivity index (χ0v) is 14.8. The Hall–Kier alpha value is -0.820. The lowest BCUT2D eigenvalue weighted by molar-refractivity contribution is 0.218. The van der Waals surface area contributed by atoms with E-state index in [0.29, 0.717) is 12.5 Å². The highest BCUT2D eigenvalue weighted by Gasteiger charge is 2.30. The molecule has 1 aliphatic carbocycles. The van der Waals surface area contributed by atoms with Crippen LogP contribution in [0.15, 0.2) is 4.99 Å². The average Bonchev–Trinajstić information content (AvgIpc) is 3.19. The lowest BCUT2D eigenvalue weighted by Crippen LogP contribution is -2.44. The van der Waals surface area contributed by atoms with Gasteiger partial charge in [0, 0.05) is 31.2 Å². The number of sulfone groups is 1. The Morgan fingerprint density at radius 1 is 1.32 bits per heavy atom. The van der Waals surface area contributed by atoms with E-state index < -0.39 is 9.84 Å². The van der Waals surface area contributed by atoms with E-state index in [0.717, 1.165) is 31.6 Å². The van der Waals surface area contributed by atoms with Crippen LogP contribution in [-0.4, -0.2) is 68.5 Å². The molecule has 2 rings (SSSR count). The summed E-state index contributed by atoms with van der Waals surface area (Å²) < 4.78 is 23.1. The Bertz CT molecular complexity index is 484. The van der Waals surface area contributed by atoms with Crippen molar-refractivity contribution in [3.05, 3.63) is 0 Å². The van der Waals surface area contributed by atoms with Gasteiger partial charge in [-0.2, -0.15) is 0 Å². The zero-order chi connectivity index (χ0) is 16.2. The first kappa shape index (κ1) is 17.5. The number of rotatable bonds is 7. The lowest BCUT2D eigenvalue weighted by Gasteiger charge is -2.25. The first-order chi connectivity index (χ1) is 10.4. The summed E-state index contributed by atoms with van der Waals surface area (Å²) in [5.41, 5.74) is 0. The fourth-order valence-electron chi connectivity index (χ4n) is 2.97. The second kappa shape index (κ2) is 7.64. The van der Waals surface area contributed by atoms with Gasteiger partial charge in [-0.3, -0.25) is 9.89 Å². The van der Waals surface area contributed by atoms with Crippen molar-refractivity contribution in [3.63, 3.8) is 0 Å². The third-order valence-corrected chi connectivity index (χ3v) is 5.99. The maximum atomic E-state index is 11.5. The Balaban J connectivity index is 1.84. The van der Waals surface area contributed by atoms with Gasteiger partial charge in [0.2, 0.25) is 0 Å². The average molecular weight is 330 g/mol. The number of nitrogens with one attached hydrogen (secondary N) is 2. The molecule has 0 aromatic heterocycles. The minimum absolute atomic E-state index is 0.00701. The van der Waals surface area contributed by atoms with E-state index in [1.54, 1.807) is 0 Å². The van der Waals surface area contributed by atoms with Crippen LogP contribution in [0.3, 0.4) is 0 Å². The van der Waals surface area contributed by atoms with Gasteiger partial charge in [-0.1, -0.05) is 0 Å². The normalized spacial score (nSPS) is 25.0. The molecule has 0 spiro atoms. The SMILES string of the molecule is CCNC(=NCCN(C(C)C)C1CC1)NC1CCS(=O)(=O)C1. The molecule has 0 aromatic rings. The van der Waals surface area contributed by atoms with Crippen molar-refractivity contribution < 1.29 is 8.42 Å². The Morgan fingerprint density at radius 3 is 2.55 bits per heavy atom. The van der Waals surface area contributed by atoms with Crippen LogP contribution in [0, 0.1) is 0 Å². The molecule has 1 heterocycles. The molecule has 2 fully saturated rings. The number of guanidine groups is 1. The topological polar surface area (TPSA) is 73.8 Å². The Labute approximate surface area is 134 Å². The van der Waals surface area contributed by atoms with Crippen molar-refractivity contribution >= 4 is 15.8 Å². The van der Waals surface area contributed by atoms with Crippen LogP contribution in [0.25, 0.3) is 0 Å². The quantitative estimate of drug-likeness (QED) is 0.528. The second-order valence-electron chi connectivity index (χ2n) is 6.57. The van der Waals surface area contributed by atoms with Crippen LogP contribution >= 0.6 is 0 Å². The van der Waals surface area contributed by atoms with Gasteiger partial charge in [-0.25, -0.2) is 8.42 Å². The third-order valence-electron chi connectivity index (χ3n) is 4.22.